The Hall–Kier alpha value is -2.37. The molecule has 3 aromatic heterocycles. The van der Waals surface area contributed by atoms with Crippen molar-refractivity contribution in [1.29, 1.82) is 0 Å². The maximum absolute atomic E-state index is 5.97. The molecule has 3 heterocycles. The number of fused-ring (bicyclic) bond motifs is 1. The van der Waals surface area contributed by atoms with Crippen molar-refractivity contribution in [3.63, 3.8) is 0 Å². The molecule has 0 amide bonds. The lowest BCUT2D eigenvalue weighted by molar-refractivity contribution is 0.432. The molecule has 5 rings (SSSR count). The zero-order chi connectivity index (χ0) is 17.5. The molecule has 26 heavy (non-hydrogen) atoms. The molecule has 6 heteroatoms. The Balaban J connectivity index is 1.64. The number of nitrogens with zero attached hydrogens (tertiary/aromatic N) is 3. The number of rotatable bonds is 3. The second-order valence-electron chi connectivity index (χ2n) is 6.41. The maximum atomic E-state index is 5.97. The zero-order valence-corrected chi connectivity index (χ0v) is 15.6. The van der Waals surface area contributed by atoms with E-state index >= 15 is 0 Å². The fourth-order valence-corrected chi connectivity index (χ4v) is 4.95. The van der Waals surface area contributed by atoms with Crippen LogP contribution in [0.25, 0.3) is 27.8 Å². The van der Waals surface area contributed by atoms with Gasteiger partial charge in [-0.25, -0.2) is 0 Å². The van der Waals surface area contributed by atoms with Gasteiger partial charge in [-0.1, -0.05) is 16.8 Å². The topological polar surface area (TPSA) is 43.9 Å². The minimum absolute atomic E-state index is 0.519. The van der Waals surface area contributed by atoms with Crippen molar-refractivity contribution >= 4 is 22.9 Å². The lowest BCUT2D eigenvalue weighted by Crippen LogP contribution is -2.00. The van der Waals surface area contributed by atoms with Crippen molar-refractivity contribution in [3.05, 3.63) is 64.3 Å². The van der Waals surface area contributed by atoms with E-state index in [-0.39, 0.29) is 0 Å². The standard InChI is InChI=1S/C20H16ClN3OS/c21-14-9-7-13(8-10-14)19-22-18(23-25-19)17-15-5-1-2-6-16(15)26-20(17)24-11-3-4-12-24/h3-4,7-12H,1-2,5-6H2. The number of benzene rings is 1. The molecular weight excluding hydrogens is 366 g/mol. The van der Waals surface area contributed by atoms with E-state index in [4.69, 9.17) is 21.1 Å². The van der Waals surface area contributed by atoms with Gasteiger partial charge < -0.3 is 9.09 Å². The Kier molecular flexibility index (Phi) is 3.91. The molecule has 0 bridgehead atoms. The third-order valence-corrected chi connectivity index (χ3v) is 6.29. The summed E-state index contributed by atoms with van der Waals surface area (Å²) in [7, 11) is 0. The number of halogens is 1. The largest absolute Gasteiger partial charge is 0.334 e. The highest BCUT2D eigenvalue weighted by molar-refractivity contribution is 7.15. The van der Waals surface area contributed by atoms with Crippen molar-refractivity contribution < 1.29 is 4.52 Å². The molecule has 0 aliphatic heterocycles. The van der Waals surface area contributed by atoms with Crippen LogP contribution in [0.1, 0.15) is 23.3 Å². The Morgan fingerprint density at radius 3 is 2.62 bits per heavy atom. The van der Waals surface area contributed by atoms with Gasteiger partial charge in [-0.15, -0.1) is 11.3 Å². The van der Waals surface area contributed by atoms with Gasteiger partial charge in [-0.3, -0.25) is 0 Å². The van der Waals surface area contributed by atoms with E-state index in [1.807, 2.05) is 47.7 Å². The number of aromatic nitrogens is 3. The molecule has 0 atom stereocenters. The van der Waals surface area contributed by atoms with Gasteiger partial charge >= 0.3 is 0 Å². The number of hydrogen-bond acceptors (Lipinski definition) is 4. The van der Waals surface area contributed by atoms with Crippen LogP contribution < -0.4 is 0 Å². The molecule has 4 nitrogen and oxygen atoms in total. The van der Waals surface area contributed by atoms with Gasteiger partial charge in [0.25, 0.3) is 5.89 Å². The second kappa shape index (κ2) is 6.41. The minimum Gasteiger partial charge on any atom is -0.334 e. The summed E-state index contributed by atoms with van der Waals surface area (Å²) in [5, 5.41) is 6.17. The predicted molar refractivity (Wildman–Crippen MR) is 104 cm³/mol. The summed E-state index contributed by atoms with van der Waals surface area (Å²) < 4.78 is 7.72. The van der Waals surface area contributed by atoms with E-state index in [0.717, 1.165) is 24.0 Å². The maximum Gasteiger partial charge on any atom is 0.258 e. The lowest BCUT2D eigenvalue weighted by atomic mass is 9.95. The first-order chi connectivity index (χ1) is 12.8. The average Bonchev–Trinajstić information content (AvgIpc) is 3.40. The van der Waals surface area contributed by atoms with Crippen LogP contribution >= 0.6 is 22.9 Å². The molecule has 0 N–H and O–H groups in total. The molecule has 1 aromatic carbocycles. The Labute approximate surface area is 160 Å². The first-order valence-corrected chi connectivity index (χ1v) is 9.87. The van der Waals surface area contributed by atoms with Gasteiger partial charge in [0.15, 0.2) is 0 Å². The van der Waals surface area contributed by atoms with Crippen LogP contribution in [0.4, 0.5) is 0 Å². The van der Waals surface area contributed by atoms with E-state index in [1.54, 1.807) is 0 Å². The van der Waals surface area contributed by atoms with Crippen LogP contribution in [0.3, 0.4) is 0 Å². The van der Waals surface area contributed by atoms with Crippen LogP contribution in [-0.2, 0) is 12.8 Å². The highest BCUT2D eigenvalue weighted by Crippen LogP contribution is 2.42. The molecule has 0 radical (unpaired) electrons. The molecule has 0 saturated heterocycles. The zero-order valence-electron chi connectivity index (χ0n) is 14.0. The van der Waals surface area contributed by atoms with Crippen LogP contribution in [0.5, 0.6) is 0 Å². The molecule has 1 aliphatic rings. The first kappa shape index (κ1) is 15.9. The van der Waals surface area contributed by atoms with Crippen LogP contribution in [0.2, 0.25) is 5.02 Å². The van der Waals surface area contributed by atoms with Gasteiger partial charge in [0.05, 0.1) is 5.56 Å². The van der Waals surface area contributed by atoms with Crippen LogP contribution in [-0.4, -0.2) is 14.7 Å². The van der Waals surface area contributed by atoms with Gasteiger partial charge in [0, 0.05) is 27.9 Å². The number of thiophene rings is 1. The highest BCUT2D eigenvalue weighted by Gasteiger charge is 2.26. The minimum atomic E-state index is 0.519. The molecular formula is C20H16ClN3OS. The van der Waals surface area contributed by atoms with Gasteiger partial charge in [0.1, 0.15) is 5.00 Å². The molecule has 130 valence electrons. The quantitative estimate of drug-likeness (QED) is 0.451. The molecule has 4 aromatic rings. The van der Waals surface area contributed by atoms with Gasteiger partial charge in [0.2, 0.25) is 5.82 Å². The molecule has 0 fully saturated rings. The summed E-state index contributed by atoms with van der Waals surface area (Å²) in [6.07, 6.45) is 8.81. The second-order valence-corrected chi connectivity index (χ2v) is 7.93. The van der Waals surface area contributed by atoms with Crippen molar-refractivity contribution in [3.8, 4) is 27.8 Å². The van der Waals surface area contributed by atoms with Crippen molar-refractivity contribution in [2.24, 2.45) is 0 Å². The fraction of sp³-hybridized carbons (Fsp3) is 0.200. The Bertz CT molecular complexity index is 1050. The summed E-state index contributed by atoms with van der Waals surface area (Å²) in [6.45, 7) is 0. The van der Waals surface area contributed by atoms with Crippen molar-refractivity contribution in [2.75, 3.05) is 0 Å². The van der Waals surface area contributed by atoms with E-state index < -0.39 is 0 Å². The number of hydrogen-bond donors (Lipinski definition) is 0. The first-order valence-electron chi connectivity index (χ1n) is 8.67. The van der Waals surface area contributed by atoms with E-state index in [9.17, 15) is 0 Å². The monoisotopic (exact) mass is 381 g/mol. The summed E-state index contributed by atoms with van der Waals surface area (Å²) in [6, 6.07) is 11.5. The normalized spacial score (nSPS) is 13.7. The van der Waals surface area contributed by atoms with Crippen LogP contribution in [0.15, 0.2) is 53.3 Å². The van der Waals surface area contributed by atoms with E-state index in [0.29, 0.717) is 16.7 Å². The summed E-state index contributed by atoms with van der Waals surface area (Å²) in [4.78, 5) is 6.16. The van der Waals surface area contributed by atoms with Crippen molar-refractivity contribution in [2.45, 2.75) is 25.7 Å². The third-order valence-electron chi connectivity index (χ3n) is 4.73. The van der Waals surface area contributed by atoms with E-state index in [2.05, 4.69) is 22.1 Å². The third kappa shape index (κ3) is 2.68. The smallest absolute Gasteiger partial charge is 0.258 e. The Morgan fingerprint density at radius 1 is 1.04 bits per heavy atom. The highest BCUT2D eigenvalue weighted by atomic mass is 35.5. The van der Waals surface area contributed by atoms with Crippen molar-refractivity contribution in [1.82, 2.24) is 14.7 Å². The fourth-order valence-electron chi connectivity index (χ4n) is 3.47. The SMILES string of the molecule is Clc1ccc(-c2nc(-c3c(-n4cccc4)sc4c3CCCC4)no2)cc1. The average molecular weight is 382 g/mol. The molecule has 0 unspecified atom stereocenters. The van der Waals surface area contributed by atoms with Gasteiger partial charge in [-0.05, 0) is 67.6 Å². The van der Waals surface area contributed by atoms with E-state index in [1.165, 1.54) is 28.3 Å². The predicted octanol–water partition coefficient (Wildman–Crippen LogP) is 5.79. The summed E-state index contributed by atoms with van der Waals surface area (Å²) in [5.74, 6) is 1.18. The molecule has 1 aliphatic carbocycles. The number of aryl methyl sites for hydroxylation is 1. The summed E-state index contributed by atoms with van der Waals surface area (Å²) in [5.41, 5.74) is 3.37. The lowest BCUT2D eigenvalue weighted by Gasteiger charge is -2.11. The van der Waals surface area contributed by atoms with Crippen LogP contribution in [0, 0.1) is 0 Å². The Morgan fingerprint density at radius 2 is 1.81 bits per heavy atom. The molecule has 0 spiro atoms. The van der Waals surface area contributed by atoms with Gasteiger partial charge in [-0.2, -0.15) is 4.98 Å². The molecule has 0 saturated carbocycles. The summed E-state index contributed by atoms with van der Waals surface area (Å²) >= 11 is 7.82.